The first kappa shape index (κ1) is 11.1. The highest BCUT2D eigenvalue weighted by Gasteiger charge is 2.21. The molecular formula is C8H9Br3N2O. The van der Waals surface area contributed by atoms with Crippen LogP contribution < -0.4 is 0 Å². The third-order valence-electron chi connectivity index (χ3n) is 2.24. The number of aromatic nitrogens is 2. The van der Waals surface area contributed by atoms with E-state index in [0.717, 1.165) is 39.7 Å². The second-order valence-corrected chi connectivity index (χ2v) is 5.51. The summed E-state index contributed by atoms with van der Waals surface area (Å²) in [5.74, 6) is 0. The van der Waals surface area contributed by atoms with Crippen LogP contribution in [0.4, 0.5) is 0 Å². The van der Waals surface area contributed by atoms with Crippen LogP contribution in [-0.4, -0.2) is 23.0 Å². The molecule has 14 heavy (non-hydrogen) atoms. The van der Waals surface area contributed by atoms with Crippen molar-refractivity contribution in [3.63, 3.8) is 0 Å². The van der Waals surface area contributed by atoms with Crippen molar-refractivity contribution >= 4 is 47.8 Å². The van der Waals surface area contributed by atoms with Gasteiger partial charge in [-0.2, -0.15) is 5.10 Å². The third kappa shape index (κ3) is 2.08. The molecule has 0 radical (unpaired) electrons. The SMILES string of the molecule is Brc1nn(C2CCCOC2)c(Br)c1Br. The summed E-state index contributed by atoms with van der Waals surface area (Å²) in [6.07, 6.45) is 2.23. The van der Waals surface area contributed by atoms with Crippen LogP contribution in [0.5, 0.6) is 0 Å². The summed E-state index contributed by atoms with van der Waals surface area (Å²) in [6.45, 7) is 1.62. The van der Waals surface area contributed by atoms with Crippen LogP contribution in [0.3, 0.4) is 0 Å². The van der Waals surface area contributed by atoms with Gasteiger partial charge in [0.25, 0.3) is 0 Å². The van der Waals surface area contributed by atoms with Crippen LogP contribution in [-0.2, 0) is 4.74 Å². The highest BCUT2D eigenvalue weighted by molar-refractivity contribution is 9.14. The van der Waals surface area contributed by atoms with E-state index in [9.17, 15) is 0 Å². The van der Waals surface area contributed by atoms with E-state index in [2.05, 4.69) is 52.9 Å². The maximum Gasteiger partial charge on any atom is 0.143 e. The number of hydrogen-bond acceptors (Lipinski definition) is 2. The molecular weight excluding hydrogens is 380 g/mol. The quantitative estimate of drug-likeness (QED) is 0.736. The summed E-state index contributed by atoms with van der Waals surface area (Å²) in [7, 11) is 0. The Kier molecular flexibility index (Phi) is 3.68. The second kappa shape index (κ2) is 4.63. The molecule has 1 atom stereocenters. The van der Waals surface area contributed by atoms with E-state index in [4.69, 9.17) is 4.74 Å². The van der Waals surface area contributed by atoms with Crippen LogP contribution in [0.15, 0.2) is 13.7 Å². The summed E-state index contributed by atoms with van der Waals surface area (Å²) < 4.78 is 10.2. The number of hydrogen-bond donors (Lipinski definition) is 0. The van der Waals surface area contributed by atoms with Crippen molar-refractivity contribution in [1.29, 1.82) is 0 Å². The Balaban J connectivity index is 2.26. The summed E-state index contributed by atoms with van der Waals surface area (Å²) in [4.78, 5) is 0. The molecule has 1 aromatic rings. The molecule has 0 saturated carbocycles. The largest absolute Gasteiger partial charge is 0.379 e. The van der Waals surface area contributed by atoms with Crippen LogP contribution in [0.1, 0.15) is 18.9 Å². The molecule has 0 amide bonds. The van der Waals surface area contributed by atoms with E-state index < -0.39 is 0 Å². The topological polar surface area (TPSA) is 27.1 Å². The zero-order valence-electron chi connectivity index (χ0n) is 7.34. The first-order chi connectivity index (χ1) is 6.70. The molecule has 1 saturated heterocycles. The van der Waals surface area contributed by atoms with Crippen LogP contribution >= 0.6 is 47.8 Å². The third-order valence-corrected chi connectivity index (χ3v) is 5.37. The number of ether oxygens (including phenoxy) is 1. The lowest BCUT2D eigenvalue weighted by molar-refractivity contribution is 0.0540. The first-order valence-electron chi connectivity index (χ1n) is 4.37. The molecule has 1 aliphatic rings. The molecule has 1 aromatic heterocycles. The van der Waals surface area contributed by atoms with Gasteiger partial charge in [-0.3, -0.25) is 4.68 Å². The Bertz CT molecular complexity index is 334. The van der Waals surface area contributed by atoms with Crippen LogP contribution in [0, 0.1) is 0 Å². The fourth-order valence-electron chi connectivity index (χ4n) is 1.53. The average molecular weight is 389 g/mol. The maximum absolute atomic E-state index is 5.43. The second-order valence-electron chi connectivity index (χ2n) is 3.21. The number of rotatable bonds is 1. The minimum atomic E-state index is 0.348. The van der Waals surface area contributed by atoms with E-state index in [1.807, 2.05) is 4.68 Å². The molecule has 78 valence electrons. The summed E-state index contributed by atoms with van der Waals surface area (Å²) in [6, 6.07) is 0.348. The lowest BCUT2D eigenvalue weighted by atomic mass is 10.1. The van der Waals surface area contributed by atoms with Gasteiger partial charge in [-0.25, -0.2) is 0 Å². The van der Waals surface area contributed by atoms with Gasteiger partial charge < -0.3 is 4.74 Å². The molecule has 1 unspecified atom stereocenters. The molecule has 2 rings (SSSR count). The van der Waals surface area contributed by atoms with E-state index in [1.54, 1.807) is 0 Å². The molecule has 0 bridgehead atoms. The highest BCUT2D eigenvalue weighted by atomic mass is 79.9. The Hall–Kier alpha value is 0.610. The predicted octanol–water partition coefficient (Wildman–Crippen LogP) is 3.52. The average Bonchev–Trinajstić information content (AvgIpc) is 2.47. The minimum Gasteiger partial charge on any atom is -0.379 e. The van der Waals surface area contributed by atoms with Crippen molar-refractivity contribution < 1.29 is 4.74 Å². The first-order valence-corrected chi connectivity index (χ1v) is 6.75. The van der Waals surface area contributed by atoms with Gasteiger partial charge in [0, 0.05) is 6.61 Å². The van der Waals surface area contributed by atoms with Crippen molar-refractivity contribution in [2.75, 3.05) is 13.2 Å². The van der Waals surface area contributed by atoms with Crippen molar-refractivity contribution in [2.45, 2.75) is 18.9 Å². The zero-order chi connectivity index (χ0) is 10.1. The minimum absolute atomic E-state index is 0.348. The van der Waals surface area contributed by atoms with E-state index in [-0.39, 0.29) is 0 Å². The predicted molar refractivity (Wildman–Crippen MR) is 64.4 cm³/mol. The van der Waals surface area contributed by atoms with Crippen LogP contribution in [0.25, 0.3) is 0 Å². The van der Waals surface area contributed by atoms with Gasteiger partial charge in [-0.1, -0.05) is 0 Å². The van der Waals surface area contributed by atoms with Gasteiger partial charge in [0.1, 0.15) is 9.21 Å². The normalized spacial score (nSPS) is 22.6. The molecule has 3 nitrogen and oxygen atoms in total. The Morgan fingerprint density at radius 2 is 2.14 bits per heavy atom. The Labute approximate surface area is 108 Å². The monoisotopic (exact) mass is 386 g/mol. The Morgan fingerprint density at radius 3 is 2.64 bits per heavy atom. The molecule has 6 heteroatoms. The molecule has 1 fully saturated rings. The number of halogens is 3. The molecule has 0 N–H and O–H groups in total. The van der Waals surface area contributed by atoms with E-state index in [0.29, 0.717) is 6.04 Å². The van der Waals surface area contributed by atoms with Crippen molar-refractivity contribution in [3.8, 4) is 0 Å². The van der Waals surface area contributed by atoms with Crippen molar-refractivity contribution in [2.24, 2.45) is 0 Å². The lowest BCUT2D eigenvalue weighted by Gasteiger charge is -2.22. The van der Waals surface area contributed by atoms with Gasteiger partial charge in [-0.15, -0.1) is 0 Å². The van der Waals surface area contributed by atoms with Gasteiger partial charge in [-0.05, 0) is 60.6 Å². The van der Waals surface area contributed by atoms with Gasteiger partial charge >= 0.3 is 0 Å². The smallest absolute Gasteiger partial charge is 0.143 e. The van der Waals surface area contributed by atoms with Gasteiger partial charge in [0.15, 0.2) is 0 Å². The van der Waals surface area contributed by atoms with Gasteiger partial charge in [0.2, 0.25) is 0 Å². The fourth-order valence-corrected chi connectivity index (χ4v) is 2.97. The van der Waals surface area contributed by atoms with Crippen molar-refractivity contribution in [1.82, 2.24) is 9.78 Å². The lowest BCUT2D eigenvalue weighted by Crippen LogP contribution is -2.22. The molecule has 0 spiro atoms. The van der Waals surface area contributed by atoms with E-state index >= 15 is 0 Å². The van der Waals surface area contributed by atoms with Gasteiger partial charge in [0.05, 0.1) is 17.1 Å². The van der Waals surface area contributed by atoms with E-state index in [1.165, 1.54) is 0 Å². The molecule has 0 aliphatic carbocycles. The zero-order valence-corrected chi connectivity index (χ0v) is 12.1. The fraction of sp³-hybridized carbons (Fsp3) is 0.625. The summed E-state index contributed by atoms with van der Waals surface area (Å²) >= 11 is 10.3. The molecule has 1 aliphatic heterocycles. The van der Waals surface area contributed by atoms with Crippen LogP contribution in [0.2, 0.25) is 0 Å². The summed E-state index contributed by atoms with van der Waals surface area (Å²) in [5.41, 5.74) is 0. The number of nitrogens with zero attached hydrogens (tertiary/aromatic N) is 2. The Morgan fingerprint density at radius 1 is 1.36 bits per heavy atom. The summed E-state index contributed by atoms with van der Waals surface area (Å²) in [5, 5.41) is 4.39. The van der Waals surface area contributed by atoms with Crippen molar-refractivity contribution in [3.05, 3.63) is 13.7 Å². The maximum atomic E-state index is 5.43. The standard InChI is InChI=1S/C8H9Br3N2O/c9-6-7(10)12-13(8(6)11)5-2-1-3-14-4-5/h5H,1-4H2. The highest BCUT2D eigenvalue weighted by Crippen LogP contribution is 2.34. The molecule has 2 heterocycles. The molecule has 0 aromatic carbocycles.